The monoisotopic (exact) mass is 476 g/mol. The number of halogens is 1. The molecule has 1 saturated carbocycles. The van der Waals surface area contributed by atoms with Crippen molar-refractivity contribution in [2.45, 2.75) is 71.4 Å². The summed E-state index contributed by atoms with van der Waals surface area (Å²) in [6.45, 7) is 7.46. The van der Waals surface area contributed by atoms with Crippen LogP contribution >= 0.6 is 0 Å². The number of carbonyl (C=O) groups is 4. The van der Waals surface area contributed by atoms with Gasteiger partial charge < -0.3 is 10.1 Å². The van der Waals surface area contributed by atoms with Crippen LogP contribution < -0.4 is 20.9 Å². The molecule has 1 aromatic carbocycles. The number of hydrogen-bond donors (Lipinski definition) is 3. The van der Waals surface area contributed by atoms with Crippen LogP contribution in [0.1, 0.15) is 59.8 Å². The van der Waals surface area contributed by atoms with Crippen LogP contribution in [0.2, 0.25) is 0 Å². The molecule has 3 N–H and O–H groups in total. The van der Waals surface area contributed by atoms with Gasteiger partial charge in [-0.15, -0.1) is 0 Å². The lowest BCUT2D eigenvalue weighted by Gasteiger charge is -2.42. The molecule has 1 heterocycles. The number of urea groups is 1. The molecule has 186 valence electrons. The fourth-order valence-electron chi connectivity index (χ4n) is 4.54. The second kappa shape index (κ2) is 9.99. The van der Waals surface area contributed by atoms with E-state index in [1.54, 1.807) is 6.07 Å². The van der Waals surface area contributed by atoms with E-state index in [1.807, 2.05) is 0 Å². The van der Waals surface area contributed by atoms with Gasteiger partial charge in [-0.2, -0.15) is 0 Å². The number of nitrogens with zero attached hydrogens (tertiary/aromatic N) is 1. The molecule has 0 radical (unpaired) electrons. The maximum absolute atomic E-state index is 13.7. The highest BCUT2D eigenvalue weighted by Crippen LogP contribution is 2.45. The number of para-hydroxylation sites is 1. The van der Waals surface area contributed by atoms with Crippen molar-refractivity contribution in [3.63, 3.8) is 0 Å². The number of hydrazine groups is 1. The van der Waals surface area contributed by atoms with Crippen LogP contribution in [0.5, 0.6) is 5.75 Å². The van der Waals surface area contributed by atoms with E-state index in [9.17, 15) is 23.6 Å². The molecule has 1 aliphatic carbocycles. The zero-order valence-electron chi connectivity index (χ0n) is 20.1. The molecule has 2 fully saturated rings. The van der Waals surface area contributed by atoms with Crippen molar-refractivity contribution in [3.8, 4) is 5.75 Å². The van der Waals surface area contributed by atoms with Crippen molar-refractivity contribution < 1.29 is 28.3 Å². The molecule has 34 heavy (non-hydrogen) atoms. The first-order valence-corrected chi connectivity index (χ1v) is 11.6. The predicted octanol–water partition coefficient (Wildman–Crippen LogP) is 2.66. The summed E-state index contributed by atoms with van der Waals surface area (Å²) in [5, 5.41) is 2.79. The summed E-state index contributed by atoms with van der Waals surface area (Å²) in [5.74, 6) is -2.13. The quantitative estimate of drug-likeness (QED) is 0.413. The Morgan fingerprint density at radius 1 is 1.24 bits per heavy atom. The summed E-state index contributed by atoms with van der Waals surface area (Å²) in [7, 11) is 0. The highest BCUT2D eigenvalue weighted by atomic mass is 19.1. The van der Waals surface area contributed by atoms with Crippen molar-refractivity contribution in [3.05, 3.63) is 30.1 Å². The Bertz CT molecular complexity index is 958. The molecule has 10 heteroatoms. The first-order valence-electron chi connectivity index (χ1n) is 11.6. The van der Waals surface area contributed by atoms with Gasteiger partial charge in [-0.1, -0.05) is 39.3 Å². The number of amides is 5. The molecule has 1 atom stereocenters. The summed E-state index contributed by atoms with van der Waals surface area (Å²) in [6.07, 6.45) is 2.65. The Morgan fingerprint density at radius 3 is 2.50 bits per heavy atom. The number of rotatable bonds is 7. The number of benzene rings is 1. The highest BCUT2D eigenvalue weighted by Gasteiger charge is 2.53. The highest BCUT2D eigenvalue weighted by molar-refractivity contribution is 6.09. The Morgan fingerprint density at radius 2 is 1.88 bits per heavy atom. The average Bonchev–Trinajstić information content (AvgIpc) is 3.03. The fourth-order valence-corrected chi connectivity index (χ4v) is 4.54. The first kappa shape index (κ1) is 25.5. The van der Waals surface area contributed by atoms with E-state index in [-0.39, 0.29) is 11.2 Å². The van der Waals surface area contributed by atoms with E-state index in [1.165, 1.54) is 25.1 Å². The van der Waals surface area contributed by atoms with Crippen molar-refractivity contribution in [1.29, 1.82) is 0 Å². The molecule has 0 bridgehead atoms. The molecule has 1 spiro atoms. The van der Waals surface area contributed by atoms with Crippen LogP contribution in [0.25, 0.3) is 0 Å². The van der Waals surface area contributed by atoms with Gasteiger partial charge >= 0.3 is 6.03 Å². The van der Waals surface area contributed by atoms with Crippen LogP contribution in [0.4, 0.5) is 9.18 Å². The third-order valence-electron chi connectivity index (χ3n) is 7.24. The summed E-state index contributed by atoms with van der Waals surface area (Å²) >= 11 is 0. The van der Waals surface area contributed by atoms with Gasteiger partial charge in [-0.25, -0.2) is 9.18 Å². The minimum Gasteiger partial charge on any atom is -0.478 e. The maximum Gasteiger partial charge on any atom is 0.325 e. The van der Waals surface area contributed by atoms with E-state index in [0.29, 0.717) is 18.8 Å². The summed E-state index contributed by atoms with van der Waals surface area (Å²) in [4.78, 5) is 50.9. The molecule has 0 unspecified atom stereocenters. The number of nitrogens with one attached hydrogen (secondary N) is 3. The first-order chi connectivity index (χ1) is 16.0. The maximum atomic E-state index is 13.7. The molecule has 5 amide bonds. The van der Waals surface area contributed by atoms with E-state index < -0.39 is 47.8 Å². The van der Waals surface area contributed by atoms with Gasteiger partial charge in [-0.05, 0) is 56.1 Å². The predicted molar refractivity (Wildman–Crippen MR) is 122 cm³/mol. The van der Waals surface area contributed by atoms with E-state index in [4.69, 9.17) is 4.74 Å². The molecular formula is C24H33FN4O5. The minimum absolute atomic E-state index is 0.0989. The topological polar surface area (TPSA) is 117 Å². The standard InChI is InChI=1S/C24H33FN4O5/c1-5-23(3,4)16-10-12-24(13-11-16)21(32)29(22(33)26-24)14-19(30)27-28-20(31)15(2)34-18-9-7-6-8-17(18)25/h6-9,15-16H,5,10-14H2,1-4H3,(H,26,33)(H,27,30)(H,28,31)/t15-,16?,24?/m0/s1. The minimum atomic E-state index is -1.10. The van der Waals surface area contributed by atoms with Gasteiger partial charge in [0, 0.05) is 0 Å². The smallest absolute Gasteiger partial charge is 0.325 e. The lowest BCUT2D eigenvalue weighted by molar-refractivity contribution is -0.137. The Hall–Kier alpha value is -3.17. The van der Waals surface area contributed by atoms with Crippen LogP contribution in [0, 0.1) is 17.2 Å². The number of ether oxygens (including phenoxy) is 1. The van der Waals surface area contributed by atoms with E-state index in [0.717, 1.165) is 24.2 Å². The molecule has 1 aromatic rings. The number of imide groups is 1. The van der Waals surface area contributed by atoms with Crippen LogP contribution in [-0.2, 0) is 14.4 Å². The third kappa shape index (κ3) is 5.31. The number of hydrogen-bond acceptors (Lipinski definition) is 5. The zero-order valence-corrected chi connectivity index (χ0v) is 20.1. The Kier molecular flexibility index (Phi) is 7.48. The summed E-state index contributed by atoms with van der Waals surface area (Å²) in [6, 6.07) is 5.01. The van der Waals surface area contributed by atoms with Gasteiger partial charge in [0.2, 0.25) is 0 Å². The largest absolute Gasteiger partial charge is 0.478 e. The van der Waals surface area contributed by atoms with Gasteiger partial charge in [0.1, 0.15) is 12.1 Å². The summed E-state index contributed by atoms with van der Waals surface area (Å²) in [5.41, 5.74) is 3.54. The van der Waals surface area contributed by atoms with E-state index >= 15 is 0 Å². The molecule has 0 aromatic heterocycles. The lowest BCUT2D eigenvalue weighted by Crippen LogP contribution is -2.52. The van der Waals surface area contributed by atoms with Gasteiger partial charge in [-0.3, -0.25) is 30.1 Å². The van der Waals surface area contributed by atoms with Crippen molar-refractivity contribution in [1.82, 2.24) is 21.1 Å². The van der Waals surface area contributed by atoms with Crippen molar-refractivity contribution >= 4 is 23.8 Å². The number of carbonyl (C=O) groups excluding carboxylic acids is 4. The Labute approximate surface area is 198 Å². The van der Waals surface area contributed by atoms with Crippen LogP contribution in [0.3, 0.4) is 0 Å². The lowest BCUT2D eigenvalue weighted by atomic mass is 9.65. The average molecular weight is 477 g/mol. The van der Waals surface area contributed by atoms with Gasteiger partial charge in [0.15, 0.2) is 17.7 Å². The molecule has 2 aliphatic rings. The SMILES string of the molecule is CCC(C)(C)C1CCC2(CC1)NC(=O)N(CC(=O)NNC(=O)[C@H](C)Oc1ccccc1F)C2=O. The fraction of sp³-hybridized carbons (Fsp3) is 0.583. The van der Waals surface area contributed by atoms with Gasteiger partial charge in [0.05, 0.1) is 0 Å². The van der Waals surface area contributed by atoms with Gasteiger partial charge in [0.25, 0.3) is 17.7 Å². The van der Waals surface area contributed by atoms with Crippen LogP contribution in [-0.4, -0.2) is 46.8 Å². The van der Waals surface area contributed by atoms with Crippen molar-refractivity contribution in [2.24, 2.45) is 11.3 Å². The van der Waals surface area contributed by atoms with E-state index in [2.05, 4.69) is 36.9 Å². The second-order valence-electron chi connectivity index (χ2n) is 9.75. The van der Waals surface area contributed by atoms with Crippen molar-refractivity contribution in [2.75, 3.05) is 6.54 Å². The zero-order chi connectivity index (χ0) is 25.1. The molecule has 3 rings (SSSR count). The summed E-state index contributed by atoms with van der Waals surface area (Å²) < 4.78 is 18.9. The molecule has 1 aliphatic heterocycles. The third-order valence-corrected chi connectivity index (χ3v) is 7.24. The Balaban J connectivity index is 1.50. The molecular weight excluding hydrogens is 443 g/mol. The normalized spacial score (nSPS) is 23.4. The molecule has 9 nitrogen and oxygen atoms in total. The van der Waals surface area contributed by atoms with Crippen LogP contribution in [0.15, 0.2) is 24.3 Å². The molecule has 1 saturated heterocycles. The second-order valence-corrected chi connectivity index (χ2v) is 9.75.